The molecule has 1 aromatic rings. The number of rotatable bonds is 2. The minimum atomic E-state index is -0.347. The van der Waals surface area contributed by atoms with Crippen molar-refractivity contribution in [2.24, 2.45) is 0 Å². The van der Waals surface area contributed by atoms with Crippen LogP contribution >= 0.6 is 0 Å². The molecule has 0 bridgehead atoms. The standard InChI is InChI=1S/C16H21N3O2/c1-2-14-15(20)18-7-8-19(14)16(21)12-4-3-11-5-6-17-10-13(11)9-12/h3-4,9,14,17H,2,5-8,10H2,1H3,(H,18,20). The van der Waals surface area contributed by atoms with Gasteiger partial charge in [0.05, 0.1) is 0 Å². The molecular weight excluding hydrogens is 266 g/mol. The summed E-state index contributed by atoms with van der Waals surface area (Å²) in [4.78, 5) is 26.3. The molecule has 1 atom stereocenters. The second kappa shape index (κ2) is 5.85. The van der Waals surface area contributed by atoms with Crippen LogP contribution in [0.25, 0.3) is 0 Å². The monoisotopic (exact) mass is 287 g/mol. The lowest BCUT2D eigenvalue weighted by Crippen LogP contribution is -2.56. The number of nitrogens with one attached hydrogen (secondary N) is 2. The van der Waals surface area contributed by atoms with Gasteiger partial charge in [0.2, 0.25) is 5.91 Å². The number of hydrogen-bond donors (Lipinski definition) is 2. The largest absolute Gasteiger partial charge is 0.353 e. The quantitative estimate of drug-likeness (QED) is 0.841. The van der Waals surface area contributed by atoms with Crippen molar-refractivity contribution in [3.05, 3.63) is 34.9 Å². The normalized spacial score (nSPS) is 21.7. The summed E-state index contributed by atoms with van der Waals surface area (Å²) in [7, 11) is 0. The Kier molecular flexibility index (Phi) is 3.92. The predicted molar refractivity (Wildman–Crippen MR) is 80.0 cm³/mol. The van der Waals surface area contributed by atoms with Crippen LogP contribution in [0.4, 0.5) is 0 Å². The van der Waals surface area contributed by atoms with Crippen molar-refractivity contribution in [1.29, 1.82) is 0 Å². The van der Waals surface area contributed by atoms with Gasteiger partial charge in [-0.05, 0) is 42.6 Å². The Morgan fingerprint density at radius 2 is 2.19 bits per heavy atom. The summed E-state index contributed by atoms with van der Waals surface area (Å²) in [5, 5.41) is 6.15. The van der Waals surface area contributed by atoms with Crippen LogP contribution in [-0.4, -0.2) is 42.4 Å². The molecule has 5 heteroatoms. The molecule has 2 heterocycles. The molecule has 2 N–H and O–H groups in total. The van der Waals surface area contributed by atoms with Crippen LogP contribution < -0.4 is 10.6 Å². The molecular formula is C16H21N3O2. The zero-order valence-corrected chi connectivity index (χ0v) is 12.3. The molecule has 5 nitrogen and oxygen atoms in total. The molecule has 0 spiro atoms. The maximum Gasteiger partial charge on any atom is 0.254 e. The minimum absolute atomic E-state index is 0.0370. The van der Waals surface area contributed by atoms with E-state index in [-0.39, 0.29) is 17.9 Å². The lowest BCUT2D eigenvalue weighted by Gasteiger charge is -2.34. The van der Waals surface area contributed by atoms with Gasteiger partial charge in [0.25, 0.3) is 5.91 Å². The van der Waals surface area contributed by atoms with Crippen molar-refractivity contribution in [3.63, 3.8) is 0 Å². The Hall–Kier alpha value is -1.88. The van der Waals surface area contributed by atoms with Gasteiger partial charge in [-0.15, -0.1) is 0 Å². The molecule has 2 aliphatic rings. The zero-order valence-electron chi connectivity index (χ0n) is 12.3. The first-order valence-electron chi connectivity index (χ1n) is 7.62. The number of carbonyl (C=O) groups excluding carboxylic acids is 2. The van der Waals surface area contributed by atoms with Gasteiger partial charge in [0.15, 0.2) is 0 Å². The summed E-state index contributed by atoms with van der Waals surface area (Å²) in [5.41, 5.74) is 3.20. The highest BCUT2D eigenvalue weighted by atomic mass is 16.2. The molecule has 1 aromatic carbocycles. The van der Waals surface area contributed by atoms with Gasteiger partial charge in [-0.1, -0.05) is 13.0 Å². The third kappa shape index (κ3) is 2.65. The number of nitrogens with zero attached hydrogens (tertiary/aromatic N) is 1. The Balaban J connectivity index is 1.85. The van der Waals surface area contributed by atoms with Crippen LogP contribution in [0.5, 0.6) is 0 Å². The van der Waals surface area contributed by atoms with E-state index in [4.69, 9.17) is 0 Å². The van der Waals surface area contributed by atoms with Crippen molar-refractivity contribution in [2.45, 2.75) is 32.4 Å². The molecule has 2 amide bonds. The van der Waals surface area contributed by atoms with Crippen LogP contribution in [0.1, 0.15) is 34.8 Å². The maximum atomic E-state index is 12.7. The maximum absolute atomic E-state index is 12.7. The smallest absolute Gasteiger partial charge is 0.254 e. The van der Waals surface area contributed by atoms with Gasteiger partial charge >= 0.3 is 0 Å². The molecule has 0 radical (unpaired) electrons. The molecule has 21 heavy (non-hydrogen) atoms. The zero-order chi connectivity index (χ0) is 14.8. The first-order chi connectivity index (χ1) is 10.2. The average molecular weight is 287 g/mol. The third-order valence-electron chi connectivity index (χ3n) is 4.32. The number of piperazine rings is 1. The third-order valence-corrected chi connectivity index (χ3v) is 4.32. The van der Waals surface area contributed by atoms with Crippen LogP contribution in [0.15, 0.2) is 18.2 Å². The van der Waals surface area contributed by atoms with Gasteiger partial charge in [-0.25, -0.2) is 0 Å². The summed E-state index contributed by atoms with van der Waals surface area (Å²) in [6.07, 6.45) is 1.65. The summed E-state index contributed by atoms with van der Waals surface area (Å²) in [5.74, 6) is -0.0817. The SMILES string of the molecule is CCC1C(=O)NCCN1C(=O)c1ccc2c(c1)CNCC2. The van der Waals surface area contributed by atoms with Crippen LogP contribution in [0.2, 0.25) is 0 Å². The Morgan fingerprint density at radius 3 is 3.00 bits per heavy atom. The van der Waals surface area contributed by atoms with Gasteiger partial charge in [-0.3, -0.25) is 9.59 Å². The molecule has 0 aliphatic carbocycles. The van der Waals surface area contributed by atoms with E-state index in [1.54, 1.807) is 4.90 Å². The lowest BCUT2D eigenvalue weighted by atomic mass is 9.97. The van der Waals surface area contributed by atoms with Crippen molar-refractivity contribution < 1.29 is 9.59 Å². The fraction of sp³-hybridized carbons (Fsp3) is 0.500. The highest BCUT2D eigenvalue weighted by Gasteiger charge is 2.32. The highest BCUT2D eigenvalue weighted by molar-refractivity contribution is 5.98. The fourth-order valence-corrected chi connectivity index (χ4v) is 3.14. The van der Waals surface area contributed by atoms with Crippen LogP contribution in [0.3, 0.4) is 0 Å². The van der Waals surface area contributed by atoms with Crippen LogP contribution in [-0.2, 0) is 17.8 Å². The predicted octanol–water partition coefficient (Wildman–Crippen LogP) is 0.683. The summed E-state index contributed by atoms with van der Waals surface area (Å²) in [6.45, 7) is 4.86. The molecule has 0 aromatic heterocycles. The second-order valence-corrected chi connectivity index (χ2v) is 5.62. The molecule has 1 unspecified atom stereocenters. The van der Waals surface area contributed by atoms with E-state index in [0.717, 1.165) is 19.5 Å². The van der Waals surface area contributed by atoms with E-state index < -0.39 is 0 Å². The molecule has 0 saturated carbocycles. The second-order valence-electron chi connectivity index (χ2n) is 5.62. The number of amides is 2. The van der Waals surface area contributed by atoms with Crippen molar-refractivity contribution in [1.82, 2.24) is 15.5 Å². The molecule has 112 valence electrons. The van der Waals surface area contributed by atoms with Gasteiger partial charge in [-0.2, -0.15) is 0 Å². The summed E-state index contributed by atoms with van der Waals surface area (Å²) in [6, 6.07) is 5.57. The molecule has 3 rings (SSSR count). The van der Waals surface area contributed by atoms with E-state index in [9.17, 15) is 9.59 Å². The fourth-order valence-electron chi connectivity index (χ4n) is 3.14. The van der Waals surface area contributed by atoms with Gasteiger partial charge in [0.1, 0.15) is 6.04 Å². The number of fused-ring (bicyclic) bond motifs is 1. The number of hydrogen-bond acceptors (Lipinski definition) is 3. The molecule has 1 saturated heterocycles. The highest BCUT2D eigenvalue weighted by Crippen LogP contribution is 2.19. The van der Waals surface area contributed by atoms with E-state index in [2.05, 4.69) is 10.6 Å². The summed E-state index contributed by atoms with van der Waals surface area (Å²) >= 11 is 0. The minimum Gasteiger partial charge on any atom is -0.353 e. The molecule has 2 aliphatic heterocycles. The topological polar surface area (TPSA) is 61.4 Å². The van der Waals surface area contributed by atoms with Crippen molar-refractivity contribution in [2.75, 3.05) is 19.6 Å². The van der Waals surface area contributed by atoms with Crippen molar-refractivity contribution >= 4 is 11.8 Å². The number of benzene rings is 1. The first-order valence-corrected chi connectivity index (χ1v) is 7.62. The van der Waals surface area contributed by atoms with E-state index >= 15 is 0 Å². The molecule has 1 fully saturated rings. The first kappa shape index (κ1) is 14.1. The van der Waals surface area contributed by atoms with Crippen molar-refractivity contribution in [3.8, 4) is 0 Å². The Morgan fingerprint density at radius 1 is 1.33 bits per heavy atom. The van der Waals surface area contributed by atoms with Gasteiger partial charge < -0.3 is 15.5 Å². The lowest BCUT2D eigenvalue weighted by molar-refractivity contribution is -0.127. The van der Waals surface area contributed by atoms with Gasteiger partial charge in [0, 0.05) is 25.2 Å². The Bertz CT molecular complexity index is 571. The van der Waals surface area contributed by atoms with E-state index in [1.165, 1.54) is 11.1 Å². The van der Waals surface area contributed by atoms with E-state index in [1.807, 2.05) is 25.1 Å². The summed E-state index contributed by atoms with van der Waals surface area (Å²) < 4.78 is 0. The number of carbonyl (C=O) groups is 2. The van der Waals surface area contributed by atoms with Crippen LogP contribution in [0, 0.1) is 0 Å². The average Bonchev–Trinajstić information content (AvgIpc) is 2.53. The Labute approximate surface area is 124 Å². The van der Waals surface area contributed by atoms with E-state index in [0.29, 0.717) is 25.1 Å².